The molecule has 0 aliphatic carbocycles. The van der Waals surface area contributed by atoms with Crippen LogP contribution in [0.25, 0.3) is 11.1 Å². The molecular weight excluding hydrogens is 400 g/mol. The molecule has 0 saturated heterocycles. The molecule has 160 valence electrons. The predicted octanol–water partition coefficient (Wildman–Crippen LogP) is 4.13. The van der Waals surface area contributed by atoms with Crippen LogP contribution in [0.5, 0.6) is 0 Å². The molecule has 0 aliphatic heterocycles. The lowest BCUT2D eigenvalue weighted by Gasteiger charge is -2.23. The van der Waals surface area contributed by atoms with Crippen molar-refractivity contribution in [2.24, 2.45) is 5.16 Å². The van der Waals surface area contributed by atoms with Gasteiger partial charge < -0.3 is 14.4 Å². The van der Waals surface area contributed by atoms with E-state index in [4.69, 9.17) is 14.1 Å². The van der Waals surface area contributed by atoms with Gasteiger partial charge in [-0.25, -0.2) is 4.79 Å². The number of carboxylic acid groups (broad SMARTS) is 1. The van der Waals surface area contributed by atoms with Gasteiger partial charge >= 0.3 is 5.97 Å². The second kappa shape index (κ2) is 10.2. The summed E-state index contributed by atoms with van der Waals surface area (Å²) in [6, 6.07) is 20.0. The summed E-state index contributed by atoms with van der Waals surface area (Å²) in [6.07, 6.45) is 0.533. The Morgan fingerprint density at radius 3 is 2.42 bits per heavy atom. The Hall–Kier alpha value is -3.91. The summed E-state index contributed by atoms with van der Waals surface area (Å²) >= 11 is 0. The predicted molar refractivity (Wildman–Crippen MR) is 114 cm³/mol. The Morgan fingerprint density at radius 1 is 1.06 bits per heavy atom. The number of carbonyl (C=O) groups excluding carboxylic acids is 1. The number of hydroxylamine groups is 1. The third-order valence-corrected chi connectivity index (χ3v) is 4.36. The Bertz CT molecular complexity index is 1050. The molecule has 3 rings (SSSR count). The number of anilines is 1. The Labute approximate surface area is 179 Å². The van der Waals surface area contributed by atoms with Gasteiger partial charge in [0.25, 0.3) is 5.91 Å². The van der Waals surface area contributed by atoms with Gasteiger partial charge in [-0.3, -0.25) is 9.63 Å². The van der Waals surface area contributed by atoms with Gasteiger partial charge in [-0.05, 0) is 30.7 Å². The highest BCUT2D eigenvalue weighted by Crippen LogP contribution is 2.31. The van der Waals surface area contributed by atoms with Gasteiger partial charge in [0.1, 0.15) is 6.10 Å². The summed E-state index contributed by atoms with van der Waals surface area (Å²) in [5.41, 5.74) is 1.96. The fraction of sp³-hybridized carbons (Fsp3) is 0.174. The first-order valence-corrected chi connectivity index (χ1v) is 9.53. The van der Waals surface area contributed by atoms with E-state index in [1.165, 1.54) is 24.5 Å². The van der Waals surface area contributed by atoms with Gasteiger partial charge in [-0.1, -0.05) is 53.7 Å². The second-order valence-corrected chi connectivity index (χ2v) is 6.60. The van der Waals surface area contributed by atoms with Crippen molar-refractivity contribution in [1.82, 2.24) is 0 Å². The summed E-state index contributed by atoms with van der Waals surface area (Å²) in [7, 11) is 1.41. The third-order valence-electron chi connectivity index (χ3n) is 4.36. The zero-order chi connectivity index (χ0) is 22.2. The first kappa shape index (κ1) is 21.8. The van der Waals surface area contributed by atoms with Gasteiger partial charge in [0.15, 0.2) is 5.76 Å². The summed E-state index contributed by atoms with van der Waals surface area (Å²) in [5, 5.41) is 14.1. The molecule has 0 aliphatic rings. The van der Waals surface area contributed by atoms with Gasteiger partial charge in [0.05, 0.1) is 25.5 Å². The van der Waals surface area contributed by atoms with Crippen LogP contribution in [0.3, 0.4) is 0 Å². The Morgan fingerprint density at radius 2 is 1.77 bits per heavy atom. The third kappa shape index (κ3) is 5.37. The number of carboxylic acids is 1. The number of carbonyl (C=O) groups is 2. The Kier molecular flexibility index (Phi) is 7.18. The first-order valence-electron chi connectivity index (χ1n) is 9.53. The highest BCUT2D eigenvalue weighted by Gasteiger charge is 2.23. The molecule has 1 amide bonds. The molecule has 1 atom stereocenters. The van der Waals surface area contributed by atoms with E-state index in [1.807, 2.05) is 48.5 Å². The molecule has 1 unspecified atom stereocenters. The minimum Gasteiger partial charge on any atom is -0.476 e. The maximum absolute atomic E-state index is 12.9. The summed E-state index contributed by atoms with van der Waals surface area (Å²) < 4.78 is 5.05. The lowest BCUT2D eigenvalue weighted by molar-refractivity contribution is -0.129. The molecule has 0 bridgehead atoms. The number of hydrogen-bond donors (Lipinski definition) is 1. The fourth-order valence-electron chi connectivity index (χ4n) is 2.96. The summed E-state index contributed by atoms with van der Waals surface area (Å²) in [6.45, 7) is 1.61. The van der Waals surface area contributed by atoms with Crippen LogP contribution < -0.4 is 5.06 Å². The summed E-state index contributed by atoms with van der Waals surface area (Å²) in [4.78, 5) is 34.9. The van der Waals surface area contributed by atoms with Crippen molar-refractivity contribution >= 4 is 23.3 Å². The van der Waals surface area contributed by atoms with Crippen molar-refractivity contribution in [3.8, 4) is 11.1 Å². The number of rotatable bonds is 9. The molecule has 0 spiro atoms. The molecule has 8 heteroatoms. The van der Waals surface area contributed by atoms with Gasteiger partial charge in [-0.2, -0.15) is 5.06 Å². The lowest BCUT2D eigenvalue weighted by Crippen LogP contribution is -2.32. The molecule has 0 saturated carbocycles. The monoisotopic (exact) mass is 422 g/mol. The zero-order valence-electron chi connectivity index (χ0n) is 17.1. The molecule has 0 radical (unpaired) electrons. The van der Waals surface area contributed by atoms with Crippen molar-refractivity contribution in [1.29, 1.82) is 0 Å². The van der Waals surface area contributed by atoms with E-state index in [-0.39, 0.29) is 23.8 Å². The van der Waals surface area contributed by atoms with E-state index in [9.17, 15) is 14.7 Å². The topological polar surface area (TPSA) is 102 Å². The molecule has 1 aromatic heterocycles. The molecule has 31 heavy (non-hydrogen) atoms. The molecule has 8 nitrogen and oxygen atoms in total. The molecule has 1 N–H and O–H groups in total. The number of para-hydroxylation sites is 1. The van der Waals surface area contributed by atoms with Crippen LogP contribution in [0.2, 0.25) is 0 Å². The minimum absolute atomic E-state index is 0.0568. The van der Waals surface area contributed by atoms with Crippen LogP contribution in [0.4, 0.5) is 5.69 Å². The average molecular weight is 422 g/mol. The molecule has 3 aromatic rings. The van der Waals surface area contributed by atoms with Crippen LogP contribution >= 0.6 is 0 Å². The van der Waals surface area contributed by atoms with Crippen molar-refractivity contribution < 1.29 is 28.8 Å². The van der Waals surface area contributed by atoms with Crippen LogP contribution in [0.15, 0.2) is 82.6 Å². The largest absolute Gasteiger partial charge is 0.476 e. The quantitative estimate of drug-likeness (QED) is 0.411. The normalized spacial score (nSPS) is 12.3. The van der Waals surface area contributed by atoms with E-state index < -0.39 is 12.1 Å². The second-order valence-electron chi connectivity index (χ2n) is 6.60. The van der Waals surface area contributed by atoms with Gasteiger partial charge in [0, 0.05) is 5.56 Å². The molecular formula is C23H22N2O6. The zero-order valence-corrected chi connectivity index (χ0v) is 17.1. The number of aliphatic carboxylic acids is 1. The van der Waals surface area contributed by atoms with E-state index in [0.29, 0.717) is 5.69 Å². The summed E-state index contributed by atoms with van der Waals surface area (Å²) in [5.74, 6) is -1.62. The number of furan rings is 1. The number of amides is 1. The fourth-order valence-corrected chi connectivity index (χ4v) is 2.96. The highest BCUT2D eigenvalue weighted by atomic mass is 16.7. The van der Waals surface area contributed by atoms with Crippen molar-refractivity contribution in [2.45, 2.75) is 19.4 Å². The standard InChI is InChI=1S/C23H22N2O6/c1-16(31-24-22(23(27)28)20-13-8-14-30-20)15-21(26)25(29-2)19-12-7-6-11-18(19)17-9-4-3-5-10-17/h3-14,16H,15H2,1-2H3,(H,27,28)/b24-22-. The minimum atomic E-state index is -1.30. The van der Waals surface area contributed by atoms with Crippen LogP contribution in [0, 0.1) is 0 Å². The van der Waals surface area contributed by atoms with E-state index in [2.05, 4.69) is 5.16 Å². The lowest BCUT2D eigenvalue weighted by atomic mass is 10.0. The first-order chi connectivity index (χ1) is 15.0. The van der Waals surface area contributed by atoms with Crippen molar-refractivity contribution in [2.75, 3.05) is 12.2 Å². The smallest absolute Gasteiger partial charge is 0.361 e. The molecule has 0 fully saturated rings. The van der Waals surface area contributed by atoms with Crippen LogP contribution in [0.1, 0.15) is 19.1 Å². The molecule has 1 heterocycles. The highest BCUT2D eigenvalue weighted by molar-refractivity contribution is 6.41. The average Bonchev–Trinajstić information content (AvgIpc) is 3.29. The number of nitrogens with zero attached hydrogens (tertiary/aromatic N) is 2. The molecule has 2 aromatic carbocycles. The maximum Gasteiger partial charge on any atom is 0.361 e. The maximum atomic E-state index is 12.9. The SMILES string of the molecule is CON(C(=O)CC(C)O/N=C(\C(=O)O)c1ccco1)c1ccccc1-c1ccccc1. The van der Waals surface area contributed by atoms with Crippen LogP contribution in [-0.2, 0) is 19.3 Å². The van der Waals surface area contributed by atoms with Gasteiger partial charge in [0.2, 0.25) is 5.71 Å². The van der Waals surface area contributed by atoms with Crippen LogP contribution in [-0.4, -0.2) is 35.9 Å². The van der Waals surface area contributed by atoms with Crippen molar-refractivity contribution in [3.05, 3.63) is 78.8 Å². The van der Waals surface area contributed by atoms with E-state index >= 15 is 0 Å². The van der Waals surface area contributed by atoms with Crippen molar-refractivity contribution in [3.63, 3.8) is 0 Å². The Balaban J connectivity index is 1.75. The number of hydrogen-bond acceptors (Lipinski definition) is 6. The van der Waals surface area contributed by atoms with E-state index in [1.54, 1.807) is 19.1 Å². The van der Waals surface area contributed by atoms with E-state index in [0.717, 1.165) is 11.1 Å². The van der Waals surface area contributed by atoms with Gasteiger partial charge in [-0.15, -0.1) is 0 Å². The number of oxime groups is 1. The number of benzene rings is 2.